The zero-order valence-corrected chi connectivity index (χ0v) is 13.8. The third kappa shape index (κ3) is 4.74. The number of sulfone groups is 1. The van der Waals surface area contributed by atoms with Crippen LogP contribution in [0.3, 0.4) is 0 Å². The number of halogens is 1. The normalized spacial score (nSPS) is 13.1. The Morgan fingerprint density at radius 3 is 2.43 bits per heavy atom. The Morgan fingerprint density at radius 1 is 1.19 bits per heavy atom. The van der Waals surface area contributed by atoms with Crippen LogP contribution in [0.5, 0.6) is 0 Å². The second-order valence-corrected chi connectivity index (χ2v) is 8.17. The molecule has 0 fully saturated rings. The van der Waals surface area contributed by atoms with E-state index in [0.717, 1.165) is 10.5 Å². The largest absolute Gasteiger partial charge is 0.388 e. The van der Waals surface area contributed by atoms with Gasteiger partial charge in [0.15, 0.2) is 9.84 Å². The minimum absolute atomic E-state index is 0.294. The van der Waals surface area contributed by atoms with E-state index in [1.54, 1.807) is 42.5 Å². The van der Waals surface area contributed by atoms with Crippen LogP contribution in [-0.4, -0.2) is 25.5 Å². The quantitative estimate of drug-likeness (QED) is 0.844. The maximum atomic E-state index is 11.4. The molecule has 1 atom stereocenters. The molecule has 0 heterocycles. The summed E-state index contributed by atoms with van der Waals surface area (Å²) in [6, 6.07) is 13.7. The number of aliphatic hydroxyl groups excluding tert-OH is 1. The first kappa shape index (κ1) is 16.4. The highest BCUT2D eigenvalue weighted by molar-refractivity contribution is 7.99. The predicted octanol–water partition coefficient (Wildman–Crippen LogP) is 3.57. The molecule has 0 amide bonds. The fraction of sp³-hybridized carbons (Fsp3) is 0.200. The molecule has 0 unspecified atom stereocenters. The van der Waals surface area contributed by atoms with Crippen molar-refractivity contribution in [1.82, 2.24) is 0 Å². The van der Waals surface area contributed by atoms with Crippen molar-refractivity contribution in [2.45, 2.75) is 15.9 Å². The molecule has 0 aromatic heterocycles. The molecule has 112 valence electrons. The van der Waals surface area contributed by atoms with Gasteiger partial charge in [-0.05, 0) is 42.0 Å². The summed E-state index contributed by atoms with van der Waals surface area (Å²) >= 11 is 7.35. The predicted molar refractivity (Wildman–Crippen MR) is 86.7 cm³/mol. The van der Waals surface area contributed by atoms with E-state index >= 15 is 0 Å². The van der Waals surface area contributed by atoms with Gasteiger partial charge in [-0.1, -0.05) is 23.7 Å². The van der Waals surface area contributed by atoms with Gasteiger partial charge >= 0.3 is 0 Å². The van der Waals surface area contributed by atoms with E-state index in [-0.39, 0.29) is 0 Å². The number of hydrogen-bond donors (Lipinski definition) is 1. The number of rotatable bonds is 5. The van der Waals surface area contributed by atoms with Crippen molar-refractivity contribution in [2.24, 2.45) is 0 Å². The highest BCUT2D eigenvalue weighted by Crippen LogP contribution is 2.26. The third-order valence-corrected chi connectivity index (χ3v) is 5.34. The van der Waals surface area contributed by atoms with Gasteiger partial charge in [-0.25, -0.2) is 8.42 Å². The number of hydrogen-bond acceptors (Lipinski definition) is 4. The van der Waals surface area contributed by atoms with Crippen LogP contribution in [0.15, 0.2) is 58.3 Å². The molecule has 0 saturated carbocycles. The van der Waals surface area contributed by atoms with E-state index in [9.17, 15) is 13.5 Å². The Hall–Kier alpha value is -1.01. The minimum atomic E-state index is -3.17. The van der Waals surface area contributed by atoms with Gasteiger partial charge in [-0.15, -0.1) is 11.8 Å². The van der Waals surface area contributed by atoms with Gasteiger partial charge in [-0.3, -0.25) is 0 Å². The van der Waals surface area contributed by atoms with E-state index in [1.807, 2.05) is 6.07 Å². The lowest BCUT2D eigenvalue weighted by molar-refractivity contribution is 0.204. The first-order valence-corrected chi connectivity index (χ1v) is 9.48. The van der Waals surface area contributed by atoms with Crippen LogP contribution in [0.1, 0.15) is 11.7 Å². The summed E-state index contributed by atoms with van der Waals surface area (Å²) < 4.78 is 22.7. The molecule has 1 N–H and O–H groups in total. The van der Waals surface area contributed by atoms with Crippen molar-refractivity contribution >= 4 is 33.2 Å². The second-order valence-electron chi connectivity index (χ2n) is 4.63. The average molecular weight is 343 g/mol. The van der Waals surface area contributed by atoms with Crippen molar-refractivity contribution in [2.75, 3.05) is 12.0 Å². The van der Waals surface area contributed by atoms with E-state index < -0.39 is 15.9 Å². The maximum Gasteiger partial charge on any atom is 0.175 e. The van der Waals surface area contributed by atoms with Crippen LogP contribution >= 0.6 is 23.4 Å². The Labute approximate surface area is 133 Å². The van der Waals surface area contributed by atoms with E-state index in [1.165, 1.54) is 18.0 Å². The topological polar surface area (TPSA) is 54.4 Å². The standard InChI is InChI=1S/C15H15ClO3S2/c1-21(18,19)14-7-5-13(6-8-14)20-10-15(17)11-3-2-4-12(16)9-11/h2-9,15,17H,10H2,1H3/t15-/m0/s1. The molecule has 3 nitrogen and oxygen atoms in total. The van der Waals surface area contributed by atoms with E-state index in [0.29, 0.717) is 15.7 Å². The smallest absolute Gasteiger partial charge is 0.175 e. The van der Waals surface area contributed by atoms with Crippen molar-refractivity contribution in [1.29, 1.82) is 0 Å². The highest BCUT2D eigenvalue weighted by Gasteiger charge is 2.10. The molecule has 0 aliphatic heterocycles. The molecular formula is C15H15ClO3S2. The SMILES string of the molecule is CS(=O)(=O)c1ccc(SC[C@H](O)c2cccc(Cl)c2)cc1. The molecule has 21 heavy (non-hydrogen) atoms. The monoisotopic (exact) mass is 342 g/mol. The lowest BCUT2D eigenvalue weighted by Crippen LogP contribution is -2.00. The summed E-state index contributed by atoms with van der Waals surface area (Å²) in [6.45, 7) is 0. The summed E-state index contributed by atoms with van der Waals surface area (Å²) in [6.07, 6.45) is 0.557. The van der Waals surface area contributed by atoms with Gasteiger partial charge in [0.25, 0.3) is 0 Å². The van der Waals surface area contributed by atoms with Crippen molar-refractivity contribution < 1.29 is 13.5 Å². The van der Waals surface area contributed by atoms with Crippen molar-refractivity contribution in [3.63, 3.8) is 0 Å². The van der Waals surface area contributed by atoms with Crippen LogP contribution in [-0.2, 0) is 9.84 Å². The van der Waals surface area contributed by atoms with E-state index in [2.05, 4.69) is 0 Å². The molecule has 2 rings (SSSR count). The van der Waals surface area contributed by atoms with Crippen LogP contribution in [0.4, 0.5) is 0 Å². The summed E-state index contributed by atoms with van der Waals surface area (Å²) in [5.41, 5.74) is 0.766. The Bertz CT molecular complexity index is 712. The Kier molecular flexibility index (Phi) is 5.32. The van der Waals surface area contributed by atoms with Gasteiger partial charge in [0, 0.05) is 21.9 Å². The van der Waals surface area contributed by atoms with Gasteiger partial charge in [0.05, 0.1) is 11.0 Å². The maximum absolute atomic E-state index is 11.4. The molecule has 0 bridgehead atoms. The van der Waals surface area contributed by atoms with Crippen LogP contribution in [0.25, 0.3) is 0 Å². The van der Waals surface area contributed by atoms with Crippen LogP contribution < -0.4 is 0 Å². The molecule has 0 spiro atoms. The first-order chi connectivity index (χ1) is 9.86. The molecule has 0 aliphatic carbocycles. The molecule has 6 heteroatoms. The van der Waals surface area contributed by atoms with Crippen LogP contribution in [0.2, 0.25) is 5.02 Å². The molecular weight excluding hydrogens is 328 g/mol. The van der Waals surface area contributed by atoms with Crippen LogP contribution in [0, 0.1) is 0 Å². The summed E-state index contributed by atoms with van der Waals surface area (Å²) in [7, 11) is -3.17. The number of aliphatic hydroxyl groups is 1. The minimum Gasteiger partial charge on any atom is -0.388 e. The Morgan fingerprint density at radius 2 is 1.86 bits per heavy atom. The molecule has 0 saturated heterocycles. The first-order valence-electron chi connectivity index (χ1n) is 6.23. The zero-order chi connectivity index (χ0) is 15.5. The van der Waals surface area contributed by atoms with Gasteiger partial charge in [-0.2, -0.15) is 0 Å². The van der Waals surface area contributed by atoms with Gasteiger partial charge in [0.2, 0.25) is 0 Å². The van der Waals surface area contributed by atoms with Gasteiger partial charge < -0.3 is 5.11 Å². The lowest BCUT2D eigenvalue weighted by atomic mass is 10.1. The summed E-state index contributed by atoms with van der Waals surface area (Å²) in [5.74, 6) is 0.471. The third-order valence-electron chi connectivity index (χ3n) is 2.89. The molecule has 0 radical (unpaired) electrons. The van der Waals surface area contributed by atoms with Gasteiger partial charge in [0.1, 0.15) is 0 Å². The fourth-order valence-electron chi connectivity index (χ4n) is 1.77. The van der Waals surface area contributed by atoms with E-state index in [4.69, 9.17) is 11.6 Å². The lowest BCUT2D eigenvalue weighted by Gasteiger charge is -2.11. The fourth-order valence-corrected chi connectivity index (χ4v) is 3.47. The summed E-state index contributed by atoms with van der Waals surface area (Å²) in [4.78, 5) is 1.20. The molecule has 0 aliphatic rings. The van der Waals surface area contributed by atoms with Crippen molar-refractivity contribution in [3.05, 3.63) is 59.1 Å². The molecule has 2 aromatic rings. The second kappa shape index (κ2) is 6.83. The number of benzene rings is 2. The van der Waals surface area contributed by atoms with Crippen molar-refractivity contribution in [3.8, 4) is 0 Å². The zero-order valence-electron chi connectivity index (χ0n) is 11.4. The average Bonchev–Trinajstić information content (AvgIpc) is 2.44. The molecule has 2 aromatic carbocycles. The Balaban J connectivity index is 2.00. The summed E-state index contributed by atoms with van der Waals surface area (Å²) in [5, 5.41) is 10.7. The highest BCUT2D eigenvalue weighted by atomic mass is 35.5. The number of thioether (sulfide) groups is 1.